The van der Waals surface area contributed by atoms with Crippen LogP contribution in [0.1, 0.15) is 22.3 Å². The molecule has 1 heterocycles. The van der Waals surface area contributed by atoms with Crippen molar-refractivity contribution >= 4 is 17.3 Å². The van der Waals surface area contributed by atoms with Crippen molar-refractivity contribution in [1.82, 2.24) is 0 Å². The van der Waals surface area contributed by atoms with Gasteiger partial charge in [-0.2, -0.15) is 13.2 Å². The largest absolute Gasteiger partial charge is 0.416 e. The van der Waals surface area contributed by atoms with Crippen LogP contribution in [0, 0.1) is 6.92 Å². The molecule has 0 radical (unpaired) electrons. The molecular weight excluding hydrogens is 342 g/mol. The van der Waals surface area contributed by atoms with Crippen molar-refractivity contribution in [1.29, 1.82) is 0 Å². The summed E-state index contributed by atoms with van der Waals surface area (Å²) in [6.45, 7) is 2.11. The van der Waals surface area contributed by atoms with Crippen LogP contribution in [0.25, 0.3) is 0 Å². The number of nitrogens with zero attached hydrogens (tertiary/aromatic N) is 1. The Bertz CT molecular complexity index is 751. The zero-order valence-electron chi connectivity index (χ0n) is 13.0. The van der Waals surface area contributed by atoms with E-state index in [4.69, 9.17) is 11.6 Å². The molecule has 1 aliphatic heterocycles. The molecular formula is C18H16ClF4N. The SMILES string of the molecule is Cc1cc(Cl)c(Cc2cccc(N3CC(F)C3)c2)cc1C(F)(F)F. The van der Waals surface area contributed by atoms with E-state index in [1.807, 2.05) is 29.2 Å². The molecule has 0 unspecified atom stereocenters. The minimum Gasteiger partial charge on any atom is -0.366 e. The summed E-state index contributed by atoms with van der Waals surface area (Å²) >= 11 is 6.13. The summed E-state index contributed by atoms with van der Waals surface area (Å²) in [5.74, 6) is 0. The molecule has 0 aliphatic carbocycles. The van der Waals surface area contributed by atoms with E-state index in [-0.39, 0.29) is 5.56 Å². The molecule has 0 atom stereocenters. The van der Waals surface area contributed by atoms with Crippen LogP contribution in [-0.4, -0.2) is 19.3 Å². The van der Waals surface area contributed by atoms with Crippen molar-refractivity contribution in [2.24, 2.45) is 0 Å². The number of anilines is 1. The standard InChI is InChI=1S/C18H16ClF4N/c1-11-5-17(19)13(8-16(11)18(21,22)23)6-12-3-2-4-15(7-12)24-9-14(20)10-24/h2-5,7-8,14H,6,9-10H2,1H3. The normalized spacial score (nSPS) is 15.5. The Morgan fingerprint density at radius 2 is 1.88 bits per heavy atom. The lowest BCUT2D eigenvalue weighted by Crippen LogP contribution is -2.48. The van der Waals surface area contributed by atoms with Gasteiger partial charge in [0.1, 0.15) is 6.17 Å². The molecule has 1 aliphatic rings. The first-order valence-electron chi connectivity index (χ1n) is 7.58. The van der Waals surface area contributed by atoms with Gasteiger partial charge in [0.2, 0.25) is 0 Å². The predicted octanol–water partition coefficient (Wildman–Crippen LogP) is 5.42. The zero-order chi connectivity index (χ0) is 17.5. The third-order valence-electron chi connectivity index (χ3n) is 4.21. The Hall–Kier alpha value is -1.75. The Kier molecular flexibility index (Phi) is 4.47. The second kappa shape index (κ2) is 6.28. The molecule has 0 amide bonds. The summed E-state index contributed by atoms with van der Waals surface area (Å²) in [6, 6.07) is 9.86. The first-order valence-corrected chi connectivity index (χ1v) is 7.96. The van der Waals surface area contributed by atoms with Gasteiger partial charge in [-0.15, -0.1) is 0 Å². The highest BCUT2D eigenvalue weighted by Crippen LogP contribution is 2.35. The van der Waals surface area contributed by atoms with Crippen LogP contribution >= 0.6 is 11.6 Å². The van der Waals surface area contributed by atoms with Gasteiger partial charge >= 0.3 is 6.18 Å². The van der Waals surface area contributed by atoms with Gasteiger partial charge in [0, 0.05) is 10.7 Å². The lowest BCUT2D eigenvalue weighted by Gasteiger charge is -2.36. The molecule has 6 heteroatoms. The maximum Gasteiger partial charge on any atom is 0.416 e. The number of hydrogen-bond acceptors (Lipinski definition) is 1. The summed E-state index contributed by atoms with van der Waals surface area (Å²) in [4.78, 5) is 1.89. The van der Waals surface area contributed by atoms with E-state index in [0.717, 1.165) is 17.3 Å². The summed E-state index contributed by atoms with van der Waals surface area (Å²) in [7, 11) is 0. The van der Waals surface area contributed by atoms with Crippen molar-refractivity contribution in [3.63, 3.8) is 0 Å². The number of rotatable bonds is 3. The lowest BCUT2D eigenvalue weighted by molar-refractivity contribution is -0.138. The fourth-order valence-electron chi connectivity index (χ4n) is 2.88. The van der Waals surface area contributed by atoms with Gasteiger partial charge in [-0.05, 0) is 54.3 Å². The minimum atomic E-state index is -4.40. The molecule has 1 nitrogen and oxygen atoms in total. The van der Waals surface area contributed by atoms with Crippen molar-refractivity contribution in [3.8, 4) is 0 Å². The number of hydrogen-bond donors (Lipinski definition) is 0. The van der Waals surface area contributed by atoms with Gasteiger partial charge in [0.25, 0.3) is 0 Å². The van der Waals surface area contributed by atoms with Gasteiger partial charge in [0.15, 0.2) is 0 Å². The van der Waals surface area contributed by atoms with E-state index in [1.54, 1.807) is 0 Å². The molecule has 24 heavy (non-hydrogen) atoms. The smallest absolute Gasteiger partial charge is 0.366 e. The quantitative estimate of drug-likeness (QED) is 0.663. The van der Waals surface area contributed by atoms with E-state index >= 15 is 0 Å². The second-order valence-corrected chi connectivity index (χ2v) is 6.51. The Morgan fingerprint density at radius 3 is 2.50 bits per heavy atom. The van der Waals surface area contributed by atoms with Crippen molar-refractivity contribution in [2.75, 3.05) is 18.0 Å². The Morgan fingerprint density at radius 1 is 1.17 bits per heavy atom. The Labute approximate surface area is 142 Å². The maximum atomic E-state index is 13.1. The fraction of sp³-hybridized carbons (Fsp3) is 0.333. The molecule has 2 aromatic rings. The highest BCUT2D eigenvalue weighted by molar-refractivity contribution is 6.31. The maximum absolute atomic E-state index is 13.1. The molecule has 0 bridgehead atoms. The molecule has 1 saturated heterocycles. The summed E-state index contributed by atoms with van der Waals surface area (Å²) < 4.78 is 52.2. The first kappa shape index (κ1) is 17.1. The van der Waals surface area contributed by atoms with Crippen LogP contribution in [-0.2, 0) is 12.6 Å². The van der Waals surface area contributed by atoms with E-state index < -0.39 is 17.9 Å². The molecule has 128 valence electrons. The van der Waals surface area contributed by atoms with Crippen molar-refractivity contribution in [3.05, 3.63) is 63.7 Å². The highest BCUT2D eigenvalue weighted by atomic mass is 35.5. The summed E-state index contributed by atoms with van der Waals surface area (Å²) in [5, 5.41) is 0.318. The third kappa shape index (κ3) is 3.51. The van der Waals surface area contributed by atoms with Gasteiger partial charge in [-0.3, -0.25) is 0 Å². The topological polar surface area (TPSA) is 3.24 Å². The van der Waals surface area contributed by atoms with Gasteiger partial charge < -0.3 is 4.90 Å². The lowest BCUT2D eigenvalue weighted by atomic mass is 9.98. The first-order chi connectivity index (χ1) is 11.2. The monoisotopic (exact) mass is 357 g/mol. The second-order valence-electron chi connectivity index (χ2n) is 6.11. The average molecular weight is 358 g/mol. The number of alkyl halides is 4. The Balaban J connectivity index is 1.87. The molecule has 0 saturated carbocycles. The fourth-order valence-corrected chi connectivity index (χ4v) is 3.16. The van der Waals surface area contributed by atoms with Crippen LogP contribution in [0.2, 0.25) is 5.02 Å². The molecule has 0 aromatic heterocycles. The van der Waals surface area contributed by atoms with Crippen LogP contribution < -0.4 is 4.90 Å². The highest BCUT2D eigenvalue weighted by Gasteiger charge is 2.33. The number of halogens is 5. The minimum absolute atomic E-state index is 0.111. The van der Waals surface area contributed by atoms with E-state index in [0.29, 0.717) is 30.1 Å². The summed E-state index contributed by atoms with van der Waals surface area (Å²) in [5.41, 5.74) is 1.59. The molecule has 1 fully saturated rings. The van der Waals surface area contributed by atoms with E-state index in [1.165, 1.54) is 13.0 Å². The van der Waals surface area contributed by atoms with Crippen molar-refractivity contribution in [2.45, 2.75) is 25.7 Å². The van der Waals surface area contributed by atoms with Crippen LogP contribution in [0.4, 0.5) is 23.2 Å². The molecule has 2 aromatic carbocycles. The number of aryl methyl sites for hydroxylation is 1. The predicted molar refractivity (Wildman–Crippen MR) is 87.5 cm³/mol. The molecule has 0 spiro atoms. The van der Waals surface area contributed by atoms with Gasteiger partial charge in [-0.25, -0.2) is 4.39 Å². The van der Waals surface area contributed by atoms with Crippen LogP contribution in [0.15, 0.2) is 36.4 Å². The van der Waals surface area contributed by atoms with E-state index in [2.05, 4.69) is 0 Å². The molecule has 0 N–H and O–H groups in total. The van der Waals surface area contributed by atoms with E-state index in [9.17, 15) is 17.6 Å². The molecule has 3 rings (SSSR count). The van der Waals surface area contributed by atoms with Gasteiger partial charge in [-0.1, -0.05) is 23.7 Å². The average Bonchev–Trinajstić information content (AvgIpc) is 2.46. The third-order valence-corrected chi connectivity index (χ3v) is 4.56. The zero-order valence-corrected chi connectivity index (χ0v) is 13.8. The van der Waals surface area contributed by atoms with Crippen molar-refractivity contribution < 1.29 is 17.6 Å². The summed E-state index contributed by atoms with van der Waals surface area (Å²) in [6.07, 6.45) is -4.92. The van der Waals surface area contributed by atoms with Crippen LogP contribution in [0.5, 0.6) is 0 Å². The van der Waals surface area contributed by atoms with Crippen LogP contribution in [0.3, 0.4) is 0 Å². The van der Waals surface area contributed by atoms with Gasteiger partial charge in [0.05, 0.1) is 18.7 Å². The number of benzene rings is 2.